The van der Waals surface area contributed by atoms with E-state index in [2.05, 4.69) is 32.3 Å². The Balaban J connectivity index is 1.71. The third kappa shape index (κ3) is 3.30. The first-order valence-corrected chi connectivity index (χ1v) is 7.69. The van der Waals surface area contributed by atoms with E-state index in [4.69, 9.17) is 4.74 Å². The van der Waals surface area contributed by atoms with Crippen LogP contribution in [0.1, 0.15) is 18.5 Å². The Hall–Kier alpha value is -2.30. The van der Waals surface area contributed by atoms with Crippen LogP contribution in [0.15, 0.2) is 36.7 Å². The van der Waals surface area contributed by atoms with Crippen molar-refractivity contribution in [1.82, 2.24) is 9.97 Å². The van der Waals surface area contributed by atoms with Crippen LogP contribution in [-0.2, 0) is 0 Å². The van der Waals surface area contributed by atoms with E-state index in [-0.39, 0.29) is 0 Å². The summed E-state index contributed by atoms with van der Waals surface area (Å²) < 4.78 is 5.48. The molecule has 3 rings (SSSR count). The van der Waals surface area contributed by atoms with Gasteiger partial charge < -0.3 is 15.0 Å². The molecule has 116 valence electrons. The molecule has 0 saturated carbocycles. The summed E-state index contributed by atoms with van der Waals surface area (Å²) in [5, 5.41) is 3.50. The van der Waals surface area contributed by atoms with E-state index in [0.717, 1.165) is 48.9 Å². The molecule has 2 heterocycles. The average Bonchev–Trinajstić information content (AvgIpc) is 2.55. The van der Waals surface area contributed by atoms with E-state index >= 15 is 0 Å². The van der Waals surface area contributed by atoms with Gasteiger partial charge in [-0.05, 0) is 31.9 Å². The Kier molecular flexibility index (Phi) is 4.42. The van der Waals surface area contributed by atoms with Crippen molar-refractivity contribution in [3.05, 3.63) is 42.4 Å². The van der Waals surface area contributed by atoms with Crippen LogP contribution in [0.3, 0.4) is 0 Å². The predicted molar refractivity (Wildman–Crippen MR) is 88.6 cm³/mol. The predicted octanol–water partition coefficient (Wildman–Crippen LogP) is 2.87. The molecule has 1 atom stereocenters. The third-order valence-corrected chi connectivity index (χ3v) is 3.95. The van der Waals surface area contributed by atoms with Crippen LogP contribution < -0.4 is 15.0 Å². The molecule has 0 radical (unpaired) electrons. The monoisotopic (exact) mass is 298 g/mol. The molecule has 1 aromatic heterocycles. The summed E-state index contributed by atoms with van der Waals surface area (Å²) in [4.78, 5) is 11.1. The van der Waals surface area contributed by atoms with E-state index in [0.29, 0.717) is 6.04 Å². The van der Waals surface area contributed by atoms with Gasteiger partial charge in [0.25, 0.3) is 0 Å². The molecule has 5 heteroatoms. The number of benzene rings is 1. The van der Waals surface area contributed by atoms with E-state index in [9.17, 15) is 0 Å². The number of nitrogens with one attached hydrogen (secondary N) is 1. The van der Waals surface area contributed by atoms with Gasteiger partial charge in [0.05, 0.1) is 24.7 Å². The average molecular weight is 298 g/mol. The minimum atomic E-state index is 0.370. The number of para-hydroxylation sites is 2. The van der Waals surface area contributed by atoms with Crippen LogP contribution in [0.4, 0.5) is 11.5 Å². The Bertz CT molecular complexity index is 632. The summed E-state index contributed by atoms with van der Waals surface area (Å²) in [5.41, 5.74) is 2.09. The number of methoxy groups -OCH3 is 1. The molecule has 1 aliphatic heterocycles. The highest BCUT2D eigenvalue weighted by Gasteiger charge is 2.22. The molecule has 1 aromatic carbocycles. The Morgan fingerprint density at radius 2 is 2.14 bits per heavy atom. The lowest BCUT2D eigenvalue weighted by molar-refractivity contribution is 0.411. The van der Waals surface area contributed by atoms with Gasteiger partial charge in [0.15, 0.2) is 0 Å². The van der Waals surface area contributed by atoms with Crippen molar-refractivity contribution in [2.75, 3.05) is 30.4 Å². The summed E-state index contributed by atoms with van der Waals surface area (Å²) >= 11 is 0. The van der Waals surface area contributed by atoms with Gasteiger partial charge in [-0.1, -0.05) is 12.1 Å². The maximum Gasteiger partial charge on any atom is 0.145 e. The fraction of sp³-hybridized carbons (Fsp3) is 0.412. The Morgan fingerprint density at radius 1 is 1.27 bits per heavy atom. The number of aromatic nitrogens is 2. The van der Waals surface area contributed by atoms with Crippen molar-refractivity contribution in [1.29, 1.82) is 0 Å². The second kappa shape index (κ2) is 6.64. The maximum atomic E-state index is 5.48. The van der Waals surface area contributed by atoms with Crippen LogP contribution in [0.2, 0.25) is 0 Å². The highest BCUT2D eigenvalue weighted by molar-refractivity contribution is 5.59. The second-order valence-electron chi connectivity index (χ2n) is 5.65. The summed E-state index contributed by atoms with van der Waals surface area (Å²) in [6.45, 7) is 3.95. The number of hydrogen-bond acceptors (Lipinski definition) is 5. The molecule has 0 spiro atoms. The van der Waals surface area contributed by atoms with Crippen LogP contribution in [0, 0.1) is 6.92 Å². The van der Waals surface area contributed by atoms with Crippen molar-refractivity contribution < 1.29 is 4.74 Å². The van der Waals surface area contributed by atoms with Crippen LogP contribution in [0.5, 0.6) is 5.75 Å². The van der Waals surface area contributed by atoms with Gasteiger partial charge >= 0.3 is 0 Å². The number of nitrogens with zero attached hydrogens (tertiary/aromatic N) is 3. The van der Waals surface area contributed by atoms with Gasteiger partial charge in [-0.2, -0.15) is 0 Å². The molecule has 1 fully saturated rings. The van der Waals surface area contributed by atoms with Gasteiger partial charge in [0.2, 0.25) is 0 Å². The molecular weight excluding hydrogens is 276 g/mol. The fourth-order valence-corrected chi connectivity index (χ4v) is 2.95. The van der Waals surface area contributed by atoms with Crippen LogP contribution >= 0.6 is 0 Å². The van der Waals surface area contributed by atoms with Crippen LogP contribution in [0.25, 0.3) is 0 Å². The second-order valence-corrected chi connectivity index (χ2v) is 5.65. The molecule has 0 bridgehead atoms. The minimum absolute atomic E-state index is 0.370. The van der Waals surface area contributed by atoms with Gasteiger partial charge in [0, 0.05) is 25.3 Å². The van der Waals surface area contributed by atoms with Gasteiger partial charge in [0.1, 0.15) is 11.6 Å². The standard InChI is InChI=1S/C17H22N4O/c1-13-10-18-11-17(19-13)20-14-6-5-9-21(12-14)15-7-3-4-8-16(15)22-2/h3-4,7-8,10-11,14H,5-6,9,12H2,1-2H3,(H,19,20). The van der Waals surface area contributed by atoms with Gasteiger partial charge in [-0.25, -0.2) is 4.98 Å². The van der Waals surface area contributed by atoms with Crippen molar-refractivity contribution in [2.45, 2.75) is 25.8 Å². The van der Waals surface area contributed by atoms with Crippen molar-refractivity contribution in [3.8, 4) is 5.75 Å². The largest absolute Gasteiger partial charge is 0.495 e. The quantitative estimate of drug-likeness (QED) is 0.940. The van der Waals surface area contributed by atoms with Crippen molar-refractivity contribution in [3.63, 3.8) is 0 Å². The van der Waals surface area contributed by atoms with Crippen molar-refractivity contribution >= 4 is 11.5 Å². The van der Waals surface area contributed by atoms with Crippen LogP contribution in [-0.4, -0.2) is 36.2 Å². The first-order chi connectivity index (χ1) is 10.8. The van der Waals surface area contributed by atoms with Crippen molar-refractivity contribution in [2.24, 2.45) is 0 Å². The summed E-state index contributed by atoms with van der Waals surface area (Å²) in [7, 11) is 1.72. The smallest absolute Gasteiger partial charge is 0.145 e. The normalized spacial score (nSPS) is 18.1. The molecule has 5 nitrogen and oxygen atoms in total. The molecule has 0 amide bonds. The Morgan fingerprint density at radius 3 is 2.95 bits per heavy atom. The van der Waals surface area contributed by atoms with E-state index < -0.39 is 0 Å². The molecule has 22 heavy (non-hydrogen) atoms. The highest BCUT2D eigenvalue weighted by atomic mass is 16.5. The molecule has 1 aliphatic rings. The van der Waals surface area contributed by atoms with Gasteiger partial charge in [-0.3, -0.25) is 4.98 Å². The number of ether oxygens (including phenoxy) is 1. The lowest BCUT2D eigenvalue weighted by atomic mass is 10.0. The number of hydrogen-bond donors (Lipinski definition) is 1. The summed E-state index contributed by atoms with van der Waals surface area (Å²) in [6, 6.07) is 8.56. The number of piperidine rings is 1. The lowest BCUT2D eigenvalue weighted by Gasteiger charge is -2.35. The Labute approximate surface area is 131 Å². The number of rotatable bonds is 4. The number of aryl methyl sites for hydroxylation is 1. The van der Waals surface area contributed by atoms with Gasteiger partial charge in [-0.15, -0.1) is 0 Å². The SMILES string of the molecule is COc1ccccc1N1CCCC(Nc2cncc(C)n2)C1. The minimum Gasteiger partial charge on any atom is -0.495 e. The summed E-state index contributed by atoms with van der Waals surface area (Å²) in [5.74, 6) is 1.78. The van der Waals surface area contributed by atoms with E-state index in [1.54, 1.807) is 19.5 Å². The molecular formula is C17H22N4O. The third-order valence-electron chi connectivity index (χ3n) is 3.95. The topological polar surface area (TPSA) is 50.3 Å². The molecule has 2 aromatic rings. The van der Waals surface area contributed by atoms with E-state index in [1.807, 2.05) is 19.1 Å². The fourth-order valence-electron chi connectivity index (χ4n) is 2.95. The zero-order valence-corrected chi connectivity index (χ0v) is 13.1. The lowest BCUT2D eigenvalue weighted by Crippen LogP contribution is -2.42. The molecule has 0 aliphatic carbocycles. The molecule has 1 unspecified atom stereocenters. The highest BCUT2D eigenvalue weighted by Crippen LogP contribution is 2.30. The molecule has 1 N–H and O–H groups in total. The first-order valence-electron chi connectivity index (χ1n) is 7.69. The molecule has 1 saturated heterocycles. The zero-order chi connectivity index (χ0) is 15.4. The number of anilines is 2. The zero-order valence-electron chi connectivity index (χ0n) is 13.1. The summed E-state index contributed by atoms with van der Waals surface area (Å²) in [6.07, 6.45) is 5.85. The first kappa shape index (κ1) is 14.6. The maximum absolute atomic E-state index is 5.48. The van der Waals surface area contributed by atoms with E-state index in [1.165, 1.54) is 0 Å².